The number of amides is 4. The molecule has 0 heterocycles. The maximum absolute atomic E-state index is 13.3. The molecule has 0 unspecified atom stereocenters. The van der Waals surface area contributed by atoms with Crippen molar-refractivity contribution < 1.29 is 58.4 Å². The highest BCUT2D eigenvalue weighted by Crippen LogP contribution is 2.17. The molecule has 0 spiro atoms. The van der Waals surface area contributed by atoms with Crippen LogP contribution < -0.4 is 0 Å². The number of ether oxygens (including phenoxy) is 8. The van der Waals surface area contributed by atoms with Crippen LogP contribution in [0, 0.1) is 0 Å². The van der Waals surface area contributed by atoms with Crippen LogP contribution in [0.4, 0.5) is 0 Å². The van der Waals surface area contributed by atoms with Crippen LogP contribution in [0.1, 0.15) is 165 Å². The van der Waals surface area contributed by atoms with E-state index in [9.17, 15) is 19.2 Å². The highest BCUT2D eigenvalue weighted by molar-refractivity contribution is 8.00. The maximum Gasteiger partial charge on any atom is 0.223 e. The summed E-state index contributed by atoms with van der Waals surface area (Å²) in [4.78, 5) is 60.7. The zero-order valence-electron chi connectivity index (χ0n) is 60.4. The van der Waals surface area contributed by atoms with Crippen LogP contribution in [0.3, 0.4) is 0 Å². The molecule has 552 valence electrons. The number of rotatable bonds is 78. The summed E-state index contributed by atoms with van der Waals surface area (Å²) in [6.45, 7) is 27.0. The van der Waals surface area contributed by atoms with Crippen molar-refractivity contribution in [1.82, 2.24) is 19.6 Å². The van der Waals surface area contributed by atoms with Crippen molar-refractivity contribution in [3.8, 4) is 0 Å². The van der Waals surface area contributed by atoms with Gasteiger partial charge in [-0.25, -0.2) is 0 Å². The fourth-order valence-electron chi connectivity index (χ4n) is 8.86. The molecule has 24 heteroatoms. The lowest BCUT2D eigenvalue weighted by Crippen LogP contribution is -2.35. The van der Waals surface area contributed by atoms with Crippen LogP contribution >= 0.6 is 94.1 Å². The molecule has 0 rings (SSSR count). The number of thioether (sulfide) groups is 8. The third-order valence-electron chi connectivity index (χ3n) is 14.3. The van der Waals surface area contributed by atoms with Gasteiger partial charge in [0.05, 0.1) is 92.5 Å². The van der Waals surface area contributed by atoms with E-state index in [1.165, 1.54) is 19.3 Å². The van der Waals surface area contributed by atoms with Crippen molar-refractivity contribution in [3.05, 3.63) is 0 Å². The number of nitrogens with zero attached hydrogens (tertiary/aromatic N) is 4. The minimum Gasteiger partial charge on any atom is -0.379 e. The fraction of sp³-hybridized carbons (Fsp3) is 0.942. The van der Waals surface area contributed by atoms with Crippen molar-refractivity contribution in [1.29, 1.82) is 0 Å². The zero-order valence-corrected chi connectivity index (χ0v) is 65.9. The van der Waals surface area contributed by atoms with E-state index >= 15 is 0 Å². The highest BCUT2D eigenvalue weighted by atomic mass is 32.2. The summed E-state index contributed by atoms with van der Waals surface area (Å²) in [5.41, 5.74) is 0. The SMILES string of the molecule is [2H]CCCCSCCOCCOCCSCCC(=O)N(CCCSCCCCSCCC(=O)N(CCCC)CCCSCCCCSCCC(=O)N(CCCC)CCCSCCOCCOCCSCCC(=O)N(CCCC)CCOCCOCC)CCOCCOCC. The Kier molecular flexibility index (Phi) is 76.7. The Morgan fingerprint density at radius 1 is 0.247 bits per heavy atom. The van der Waals surface area contributed by atoms with Gasteiger partial charge in [-0.15, -0.1) is 0 Å². The molecule has 0 atom stereocenters. The van der Waals surface area contributed by atoms with E-state index in [1.54, 1.807) is 23.5 Å². The molecule has 0 bridgehead atoms. The number of hydrogen-bond acceptors (Lipinski definition) is 20. The van der Waals surface area contributed by atoms with Crippen molar-refractivity contribution in [3.63, 3.8) is 0 Å². The van der Waals surface area contributed by atoms with Gasteiger partial charge >= 0.3 is 0 Å². The summed E-state index contributed by atoms with van der Waals surface area (Å²) in [6, 6.07) is 0. The third kappa shape index (κ3) is 66.7. The van der Waals surface area contributed by atoms with Gasteiger partial charge in [0.1, 0.15) is 0 Å². The Labute approximate surface area is 605 Å². The molecule has 4 amide bonds. The van der Waals surface area contributed by atoms with Crippen LogP contribution in [0.15, 0.2) is 0 Å². The highest BCUT2D eigenvalue weighted by Gasteiger charge is 2.17. The van der Waals surface area contributed by atoms with E-state index in [1.807, 2.05) is 94.2 Å². The van der Waals surface area contributed by atoms with E-state index < -0.39 is 0 Å². The van der Waals surface area contributed by atoms with Gasteiger partial charge in [-0.2, -0.15) is 94.1 Å². The van der Waals surface area contributed by atoms with Gasteiger partial charge in [-0.3, -0.25) is 19.2 Å². The molecule has 0 aliphatic carbocycles. The average molecular weight is 1470 g/mol. The zero-order chi connectivity index (χ0) is 68.4. The lowest BCUT2D eigenvalue weighted by atomic mass is 10.2. The van der Waals surface area contributed by atoms with Gasteiger partial charge in [0, 0.05) is 139 Å². The Bertz CT molecular complexity index is 1630. The van der Waals surface area contributed by atoms with E-state index in [4.69, 9.17) is 39.3 Å². The minimum atomic E-state index is 0.195. The van der Waals surface area contributed by atoms with Crippen LogP contribution in [0.5, 0.6) is 0 Å². The first-order valence-electron chi connectivity index (χ1n) is 36.6. The molecule has 16 nitrogen and oxygen atoms in total. The van der Waals surface area contributed by atoms with Crippen LogP contribution in [-0.2, 0) is 57.1 Å². The van der Waals surface area contributed by atoms with Crippen molar-refractivity contribution >= 4 is 118 Å². The van der Waals surface area contributed by atoms with E-state index in [2.05, 4.69) is 30.6 Å². The van der Waals surface area contributed by atoms with Crippen molar-refractivity contribution in [2.24, 2.45) is 0 Å². The molecule has 0 saturated carbocycles. The number of carbonyl (C=O) groups is 4. The maximum atomic E-state index is 13.3. The molecule has 0 aliphatic rings. The predicted molar refractivity (Wildman–Crippen MR) is 413 cm³/mol. The first-order valence-corrected chi connectivity index (χ1v) is 45.2. The van der Waals surface area contributed by atoms with Crippen molar-refractivity contribution in [2.45, 2.75) is 164 Å². The molecule has 0 aliphatic heterocycles. The second-order valence-electron chi connectivity index (χ2n) is 22.2. The quantitative estimate of drug-likeness (QED) is 0.0530. The second-order valence-corrected chi connectivity index (χ2v) is 32.0. The molecule has 93 heavy (non-hydrogen) atoms. The Hall–Kier alpha value is 0.360. The standard InChI is InChI=1S/C69H136N4O12S8/c1-7-13-28-70(66(74)24-58-88-54-20-18-52-87-56-23-33-73(35-37-81-41-39-79-12-6)69(77)27-61-93-65-49-84-44-42-82-46-62-90-50-16-10-4)31-21-55-86-51-17-19-53-89-59-25-67(75)71(29-14-8-2)32-22-57-91-63-47-83-43-45-85-48-64-92-60-26-68(76)72(30-15-9-3)34-36-80-40-38-78-11-5/h7-65H2,1-6H3/i4D. The normalized spacial score (nSPS) is 11.6. The van der Waals surface area contributed by atoms with Crippen LogP contribution in [-0.4, -0.2) is 293 Å². The molecule has 0 radical (unpaired) electrons. The Balaban J connectivity index is 4.11. The first kappa shape index (κ1) is 91.4. The van der Waals surface area contributed by atoms with E-state index in [0.29, 0.717) is 157 Å². The van der Waals surface area contributed by atoms with Gasteiger partial charge in [0.2, 0.25) is 23.6 Å². The molecular formula is C69H136N4O12S8. The second kappa shape index (κ2) is 78.1. The number of hydrogen-bond donors (Lipinski definition) is 0. The number of unbranched alkanes of at least 4 members (excludes halogenated alkanes) is 6. The Morgan fingerprint density at radius 3 is 0.785 bits per heavy atom. The third-order valence-corrected chi connectivity index (χ3v) is 22.7. The van der Waals surface area contributed by atoms with Crippen LogP contribution in [0.25, 0.3) is 0 Å². The monoisotopic (exact) mass is 1470 g/mol. The predicted octanol–water partition coefficient (Wildman–Crippen LogP) is 13.8. The van der Waals surface area contributed by atoms with E-state index in [0.717, 1.165) is 215 Å². The topological polar surface area (TPSA) is 155 Å². The summed E-state index contributed by atoms with van der Waals surface area (Å²) in [6.07, 6.45) is 18.5. The minimum absolute atomic E-state index is 0.195. The average Bonchev–Trinajstić information content (AvgIpc) is 3.79. The largest absolute Gasteiger partial charge is 0.379 e. The summed E-state index contributed by atoms with van der Waals surface area (Å²) < 4.78 is 52.3. The molecule has 0 fully saturated rings. The van der Waals surface area contributed by atoms with Gasteiger partial charge in [0.25, 0.3) is 0 Å². The molecule has 0 aromatic rings. The summed E-state index contributed by atoms with van der Waals surface area (Å²) in [5, 5.41) is 0. The van der Waals surface area contributed by atoms with Crippen LogP contribution in [0.2, 0.25) is 0 Å². The van der Waals surface area contributed by atoms with Gasteiger partial charge in [0.15, 0.2) is 0 Å². The first-order chi connectivity index (χ1) is 46.3. The molecule has 0 saturated heterocycles. The molecule has 0 aromatic carbocycles. The van der Waals surface area contributed by atoms with Gasteiger partial charge in [-0.1, -0.05) is 53.4 Å². The lowest BCUT2D eigenvalue weighted by molar-refractivity contribution is -0.132. The summed E-state index contributed by atoms with van der Waals surface area (Å²) in [7, 11) is 0. The molecular weight excluding hydrogens is 1330 g/mol. The molecule has 0 N–H and O–H groups in total. The summed E-state index contributed by atoms with van der Waals surface area (Å²) >= 11 is 15.1. The Morgan fingerprint density at radius 2 is 0.484 bits per heavy atom. The lowest BCUT2D eigenvalue weighted by Gasteiger charge is -2.23. The molecule has 0 aromatic heterocycles. The van der Waals surface area contributed by atoms with Gasteiger partial charge in [-0.05, 0) is 130 Å². The smallest absolute Gasteiger partial charge is 0.223 e. The van der Waals surface area contributed by atoms with Crippen molar-refractivity contribution in [2.75, 3.05) is 250 Å². The van der Waals surface area contributed by atoms with Gasteiger partial charge < -0.3 is 57.5 Å². The summed E-state index contributed by atoms with van der Waals surface area (Å²) in [5.74, 6) is 16.7. The van der Waals surface area contributed by atoms with E-state index in [-0.39, 0.29) is 11.8 Å². The fourth-order valence-corrected chi connectivity index (χ4v) is 15.8. The number of carbonyl (C=O) groups excluding carboxylic acids is 4.